The molecule has 1 aliphatic rings. The molecule has 2 nitrogen and oxygen atoms in total. The lowest BCUT2D eigenvalue weighted by Gasteiger charge is -2.13. The second kappa shape index (κ2) is 5.17. The van der Waals surface area contributed by atoms with Gasteiger partial charge in [-0.15, -0.1) is 11.8 Å². The fraction of sp³-hybridized carbons (Fsp3) is 0.250. The van der Waals surface area contributed by atoms with E-state index in [1.54, 1.807) is 0 Å². The molecule has 3 rings (SSSR count). The molecule has 0 amide bonds. The first-order valence-electron chi connectivity index (χ1n) is 6.46. The lowest BCUT2D eigenvalue weighted by molar-refractivity contribution is 0.319. The van der Waals surface area contributed by atoms with E-state index in [9.17, 15) is 0 Å². The third-order valence-corrected chi connectivity index (χ3v) is 4.59. The van der Waals surface area contributed by atoms with Gasteiger partial charge in [0.1, 0.15) is 12.4 Å². The van der Waals surface area contributed by atoms with E-state index in [0.29, 0.717) is 11.9 Å². The van der Waals surface area contributed by atoms with Crippen LogP contribution in [0.3, 0.4) is 0 Å². The predicted molar refractivity (Wildman–Crippen MR) is 80.9 cm³/mol. The average Bonchev–Trinajstić information content (AvgIpc) is 2.80. The molecule has 2 N–H and O–H groups in total. The maximum absolute atomic E-state index is 5.96. The first-order chi connectivity index (χ1) is 9.22. The van der Waals surface area contributed by atoms with E-state index in [2.05, 4.69) is 24.3 Å². The van der Waals surface area contributed by atoms with Crippen LogP contribution in [0.5, 0.6) is 5.75 Å². The fourth-order valence-corrected chi connectivity index (χ4v) is 3.55. The van der Waals surface area contributed by atoms with Crippen molar-refractivity contribution >= 4 is 17.4 Å². The molecule has 0 spiro atoms. The highest BCUT2D eigenvalue weighted by Gasteiger charge is 2.22. The third kappa shape index (κ3) is 2.71. The highest BCUT2D eigenvalue weighted by atomic mass is 32.2. The number of hydrogen-bond donors (Lipinski definition) is 1. The van der Waals surface area contributed by atoms with Gasteiger partial charge in [0.15, 0.2) is 0 Å². The molecule has 98 valence electrons. The van der Waals surface area contributed by atoms with E-state index in [-0.39, 0.29) is 0 Å². The fourth-order valence-electron chi connectivity index (χ4n) is 2.33. The molecule has 0 fully saturated rings. The molecule has 1 unspecified atom stereocenters. The molecule has 2 aromatic rings. The van der Waals surface area contributed by atoms with Crippen LogP contribution in [-0.2, 0) is 6.42 Å². The zero-order chi connectivity index (χ0) is 13.2. The standard InChI is InChI=1S/C16H17NOS/c1-11-6-7-15(14(17)8-11)18-10-13-9-12-4-2-3-5-16(12)19-13/h2-8,13H,9-10,17H2,1H3. The lowest BCUT2D eigenvalue weighted by atomic mass is 10.1. The minimum atomic E-state index is 0.484. The maximum atomic E-state index is 5.96. The van der Waals surface area contributed by atoms with E-state index in [4.69, 9.17) is 10.5 Å². The molecule has 1 aliphatic heterocycles. The number of hydrogen-bond acceptors (Lipinski definition) is 3. The smallest absolute Gasteiger partial charge is 0.142 e. The molecule has 19 heavy (non-hydrogen) atoms. The quantitative estimate of drug-likeness (QED) is 0.865. The number of rotatable bonds is 3. The van der Waals surface area contributed by atoms with Crippen LogP contribution >= 0.6 is 11.8 Å². The van der Waals surface area contributed by atoms with Crippen LogP contribution in [0.1, 0.15) is 11.1 Å². The summed E-state index contributed by atoms with van der Waals surface area (Å²) in [7, 11) is 0. The average molecular weight is 271 g/mol. The SMILES string of the molecule is Cc1ccc(OCC2Cc3ccccc3S2)c(N)c1. The predicted octanol–water partition coefficient (Wildman–Crippen LogP) is 3.67. The Balaban J connectivity index is 1.63. The second-order valence-corrected chi connectivity index (χ2v) is 6.25. The zero-order valence-corrected chi connectivity index (χ0v) is 11.7. The Morgan fingerprint density at radius 2 is 2.11 bits per heavy atom. The molecule has 1 heterocycles. The highest BCUT2D eigenvalue weighted by molar-refractivity contribution is 8.00. The number of anilines is 1. The van der Waals surface area contributed by atoms with Crippen LogP contribution in [0.4, 0.5) is 5.69 Å². The van der Waals surface area contributed by atoms with Crippen LogP contribution in [0.15, 0.2) is 47.4 Å². The van der Waals surface area contributed by atoms with Gasteiger partial charge in [-0.3, -0.25) is 0 Å². The Morgan fingerprint density at radius 3 is 2.89 bits per heavy atom. The van der Waals surface area contributed by atoms with E-state index in [0.717, 1.165) is 23.4 Å². The molecule has 1 atom stereocenters. The van der Waals surface area contributed by atoms with Crippen LogP contribution < -0.4 is 10.5 Å². The van der Waals surface area contributed by atoms with Crippen LogP contribution in [-0.4, -0.2) is 11.9 Å². The minimum absolute atomic E-state index is 0.484. The van der Waals surface area contributed by atoms with Crippen molar-refractivity contribution < 1.29 is 4.74 Å². The highest BCUT2D eigenvalue weighted by Crippen LogP contribution is 2.37. The van der Waals surface area contributed by atoms with Gasteiger partial charge in [-0.2, -0.15) is 0 Å². The van der Waals surface area contributed by atoms with Crippen molar-refractivity contribution in [2.24, 2.45) is 0 Å². The number of thioether (sulfide) groups is 1. The van der Waals surface area contributed by atoms with Gasteiger partial charge in [-0.05, 0) is 42.7 Å². The minimum Gasteiger partial charge on any atom is -0.490 e. The summed E-state index contributed by atoms with van der Waals surface area (Å²) in [5.74, 6) is 0.794. The summed E-state index contributed by atoms with van der Waals surface area (Å²) >= 11 is 1.90. The van der Waals surface area contributed by atoms with E-state index in [1.165, 1.54) is 10.5 Å². The summed E-state index contributed by atoms with van der Waals surface area (Å²) in [5, 5.41) is 0.484. The van der Waals surface area contributed by atoms with Crippen molar-refractivity contribution in [2.75, 3.05) is 12.3 Å². The Hall–Kier alpha value is -1.61. The normalized spacial score (nSPS) is 17.2. The summed E-state index contributed by atoms with van der Waals surface area (Å²) in [6.45, 7) is 2.73. The monoisotopic (exact) mass is 271 g/mol. The summed E-state index contributed by atoms with van der Waals surface area (Å²) < 4.78 is 5.86. The van der Waals surface area contributed by atoms with Crippen molar-refractivity contribution in [3.05, 3.63) is 53.6 Å². The van der Waals surface area contributed by atoms with Gasteiger partial charge < -0.3 is 10.5 Å². The van der Waals surface area contributed by atoms with Crippen molar-refractivity contribution in [1.82, 2.24) is 0 Å². The number of benzene rings is 2. The lowest BCUT2D eigenvalue weighted by Crippen LogP contribution is -2.14. The van der Waals surface area contributed by atoms with Gasteiger partial charge in [0, 0.05) is 10.1 Å². The van der Waals surface area contributed by atoms with Gasteiger partial charge in [0.2, 0.25) is 0 Å². The maximum Gasteiger partial charge on any atom is 0.142 e. The van der Waals surface area contributed by atoms with E-state index in [1.807, 2.05) is 36.9 Å². The van der Waals surface area contributed by atoms with Gasteiger partial charge >= 0.3 is 0 Å². The number of nitrogen functional groups attached to an aromatic ring is 1. The zero-order valence-electron chi connectivity index (χ0n) is 10.9. The van der Waals surface area contributed by atoms with Gasteiger partial charge in [-0.25, -0.2) is 0 Å². The third-order valence-electron chi connectivity index (χ3n) is 3.30. The first-order valence-corrected chi connectivity index (χ1v) is 7.34. The molecule has 0 radical (unpaired) electrons. The van der Waals surface area contributed by atoms with Crippen LogP contribution in [0, 0.1) is 6.92 Å². The summed E-state index contributed by atoms with van der Waals surface area (Å²) in [6.07, 6.45) is 1.08. The molecular weight excluding hydrogens is 254 g/mol. The topological polar surface area (TPSA) is 35.2 Å². The number of fused-ring (bicyclic) bond motifs is 1. The number of ether oxygens (including phenoxy) is 1. The van der Waals surface area contributed by atoms with Crippen molar-refractivity contribution in [3.63, 3.8) is 0 Å². The summed E-state index contributed by atoms with van der Waals surface area (Å²) in [6, 6.07) is 14.5. The van der Waals surface area contributed by atoms with Crippen LogP contribution in [0.25, 0.3) is 0 Å². The van der Waals surface area contributed by atoms with E-state index >= 15 is 0 Å². The van der Waals surface area contributed by atoms with Crippen molar-refractivity contribution in [3.8, 4) is 5.75 Å². The van der Waals surface area contributed by atoms with Crippen molar-refractivity contribution in [2.45, 2.75) is 23.5 Å². The molecule has 0 aliphatic carbocycles. The Kier molecular flexibility index (Phi) is 3.38. The molecule has 3 heteroatoms. The van der Waals surface area contributed by atoms with E-state index < -0.39 is 0 Å². The van der Waals surface area contributed by atoms with Crippen molar-refractivity contribution in [1.29, 1.82) is 0 Å². The Bertz CT molecular complexity index is 572. The molecule has 2 aromatic carbocycles. The first kappa shape index (κ1) is 12.4. The number of aryl methyl sites for hydroxylation is 1. The summed E-state index contributed by atoms with van der Waals surface area (Å²) in [4.78, 5) is 1.38. The van der Waals surface area contributed by atoms with Gasteiger partial charge in [0.25, 0.3) is 0 Å². The second-order valence-electron chi connectivity index (χ2n) is 4.90. The largest absolute Gasteiger partial charge is 0.490 e. The molecule has 0 saturated heterocycles. The molecule has 0 aromatic heterocycles. The van der Waals surface area contributed by atoms with Gasteiger partial charge in [0.05, 0.1) is 5.69 Å². The molecule has 0 saturated carbocycles. The Morgan fingerprint density at radius 1 is 1.26 bits per heavy atom. The Labute approximate surface area is 118 Å². The van der Waals surface area contributed by atoms with Crippen LogP contribution in [0.2, 0.25) is 0 Å². The molecule has 0 bridgehead atoms. The summed E-state index contributed by atoms with van der Waals surface area (Å²) in [5.41, 5.74) is 9.27. The molecular formula is C16H17NOS. The van der Waals surface area contributed by atoms with Gasteiger partial charge in [-0.1, -0.05) is 24.3 Å². The number of nitrogens with two attached hydrogens (primary N) is 1.